The molecule has 0 aromatic carbocycles. The van der Waals surface area contributed by atoms with Crippen LogP contribution in [0.1, 0.15) is 19.8 Å². The molecule has 0 amide bonds. The largest absolute Gasteiger partial charge is 0.394 e. The lowest BCUT2D eigenvalue weighted by Crippen LogP contribution is -2.17. The van der Waals surface area contributed by atoms with E-state index in [9.17, 15) is 5.11 Å². The van der Waals surface area contributed by atoms with E-state index in [0.717, 1.165) is 12.8 Å². The second-order valence-electron chi connectivity index (χ2n) is 3.47. The Kier molecular flexibility index (Phi) is 12.7. The van der Waals surface area contributed by atoms with Gasteiger partial charge in [-0.3, -0.25) is 0 Å². The standard InChI is InChI=1S/C11H24O5/c1-2-3-11(13)10-16-9-8-15-7-6-14-5-4-12/h11-13H,2-10H2,1H3. The van der Waals surface area contributed by atoms with E-state index in [1.165, 1.54) is 0 Å². The molecule has 0 rings (SSSR count). The minimum absolute atomic E-state index is 0.0401. The third kappa shape index (κ3) is 11.9. The average Bonchev–Trinajstić information content (AvgIpc) is 2.27. The molecule has 0 aliphatic carbocycles. The van der Waals surface area contributed by atoms with E-state index in [-0.39, 0.29) is 12.7 Å². The molecule has 0 aliphatic heterocycles. The average molecular weight is 236 g/mol. The van der Waals surface area contributed by atoms with Crippen molar-refractivity contribution in [1.82, 2.24) is 0 Å². The Morgan fingerprint density at radius 3 is 2.06 bits per heavy atom. The maximum Gasteiger partial charge on any atom is 0.0773 e. The van der Waals surface area contributed by atoms with Crippen molar-refractivity contribution < 1.29 is 24.4 Å². The van der Waals surface area contributed by atoms with Crippen LogP contribution in [0, 0.1) is 0 Å². The number of aliphatic hydroxyl groups excluding tert-OH is 2. The molecule has 0 aromatic rings. The van der Waals surface area contributed by atoms with E-state index in [0.29, 0.717) is 39.6 Å². The zero-order valence-electron chi connectivity index (χ0n) is 10.1. The first-order chi connectivity index (χ1) is 7.81. The smallest absolute Gasteiger partial charge is 0.0773 e. The maximum atomic E-state index is 9.34. The molecule has 0 spiro atoms. The van der Waals surface area contributed by atoms with Crippen LogP contribution in [0.25, 0.3) is 0 Å². The van der Waals surface area contributed by atoms with Gasteiger partial charge in [0.05, 0.1) is 52.4 Å². The van der Waals surface area contributed by atoms with Gasteiger partial charge >= 0.3 is 0 Å². The fourth-order valence-electron chi connectivity index (χ4n) is 1.14. The van der Waals surface area contributed by atoms with Crippen molar-refractivity contribution in [3.8, 4) is 0 Å². The van der Waals surface area contributed by atoms with Crippen LogP contribution in [0.3, 0.4) is 0 Å². The minimum atomic E-state index is -0.363. The molecule has 5 nitrogen and oxygen atoms in total. The lowest BCUT2D eigenvalue weighted by molar-refractivity contribution is -0.0140. The maximum absolute atomic E-state index is 9.34. The van der Waals surface area contributed by atoms with Gasteiger partial charge in [0.25, 0.3) is 0 Å². The van der Waals surface area contributed by atoms with Gasteiger partial charge in [-0.25, -0.2) is 0 Å². The molecular weight excluding hydrogens is 212 g/mol. The lowest BCUT2D eigenvalue weighted by atomic mass is 10.2. The summed E-state index contributed by atoms with van der Waals surface area (Å²) in [7, 11) is 0. The van der Waals surface area contributed by atoms with Gasteiger partial charge < -0.3 is 24.4 Å². The van der Waals surface area contributed by atoms with Gasteiger partial charge in [-0.05, 0) is 6.42 Å². The zero-order valence-corrected chi connectivity index (χ0v) is 10.1. The summed E-state index contributed by atoms with van der Waals surface area (Å²) in [6.45, 7) is 4.76. The number of hydrogen-bond acceptors (Lipinski definition) is 5. The predicted octanol–water partition coefficient (Wildman–Crippen LogP) is 0.189. The van der Waals surface area contributed by atoms with Crippen LogP contribution in [0.4, 0.5) is 0 Å². The first-order valence-corrected chi connectivity index (χ1v) is 5.83. The van der Waals surface area contributed by atoms with E-state index >= 15 is 0 Å². The van der Waals surface area contributed by atoms with E-state index in [1.807, 2.05) is 6.92 Å². The van der Waals surface area contributed by atoms with Gasteiger partial charge in [-0.2, -0.15) is 0 Å². The molecule has 0 aromatic heterocycles. The molecule has 5 heteroatoms. The Morgan fingerprint density at radius 2 is 1.50 bits per heavy atom. The molecule has 0 saturated heterocycles. The highest BCUT2D eigenvalue weighted by Crippen LogP contribution is 1.96. The summed E-state index contributed by atoms with van der Waals surface area (Å²) in [5.41, 5.74) is 0. The Morgan fingerprint density at radius 1 is 0.938 bits per heavy atom. The van der Waals surface area contributed by atoms with Crippen molar-refractivity contribution in [3.05, 3.63) is 0 Å². The van der Waals surface area contributed by atoms with Crippen LogP contribution >= 0.6 is 0 Å². The van der Waals surface area contributed by atoms with Crippen molar-refractivity contribution in [2.45, 2.75) is 25.9 Å². The van der Waals surface area contributed by atoms with E-state index in [2.05, 4.69) is 0 Å². The molecular formula is C11H24O5. The second-order valence-corrected chi connectivity index (χ2v) is 3.47. The second kappa shape index (κ2) is 12.9. The summed E-state index contributed by atoms with van der Waals surface area (Å²) in [6.07, 6.45) is 1.37. The Bertz CT molecular complexity index is 132. The number of rotatable bonds is 12. The molecule has 0 saturated carbocycles. The van der Waals surface area contributed by atoms with E-state index < -0.39 is 0 Å². The van der Waals surface area contributed by atoms with Crippen LogP contribution in [-0.2, 0) is 14.2 Å². The highest BCUT2D eigenvalue weighted by Gasteiger charge is 2.01. The predicted molar refractivity (Wildman–Crippen MR) is 60.5 cm³/mol. The monoisotopic (exact) mass is 236 g/mol. The first kappa shape index (κ1) is 15.8. The van der Waals surface area contributed by atoms with Crippen LogP contribution in [0.15, 0.2) is 0 Å². The molecule has 2 N–H and O–H groups in total. The highest BCUT2D eigenvalue weighted by molar-refractivity contribution is 4.51. The third-order valence-electron chi connectivity index (χ3n) is 1.91. The van der Waals surface area contributed by atoms with Gasteiger partial charge in [-0.15, -0.1) is 0 Å². The summed E-state index contributed by atoms with van der Waals surface area (Å²) in [5.74, 6) is 0. The third-order valence-corrected chi connectivity index (χ3v) is 1.91. The molecule has 16 heavy (non-hydrogen) atoms. The van der Waals surface area contributed by atoms with Gasteiger partial charge in [0, 0.05) is 0 Å². The molecule has 0 bridgehead atoms. The van der Waals surface area contributed by atoms with Crippen molar-refractivity contribution in [3.63, 3.8) is 0 Å². The van der Waals surface area contributed by atoms with Crippen molar-refractivity contribution >= 4 is 0 Å². The first-order valence-electron chi connectivity index (χ1n) is 5.83. The SMILES string of the molecule is CCCC(O)COCCOCCOCCO. The molecule has 1 atom stereocenters. The van der Waals surface area contributed by atoms with Gasteiger partial charge in [0.1, 0.15) is 0 Å². The lowest BCUT2D eigenvalue weighted by Gasteiger charge is -2.10. The van der Waals surface area contributed by atoms with Crippen LogP contribution in [0.2, 0.25) is 0 Å². The Hall–Kier alpha value is -0.200. The van der Waals surface area contributed by atoms with Crippen molar-refractivity contribution in [2.75, 3.05) is 46.2 Å². The fraction of sp³-hybridized carbons (Fsp3) is 1.00. The quantitative estimate of drug-likeness (QED) is 0.473. The minimum Gasteiger partial charge on any atom is -0.394 e. The number of hydrogen-bond donors (Lipinski definition) is 2. The fourth-order valence-corrected chi connectivity index (χ4v) is 1.14. The number of ether oxygens (including phenoxy) is 3. The van der Waals surface area contributed by atoms with Crippen LogP contribution < -0.4 is 0 Å². The van der Waals surface area contributed by atoms with Crippen LogP contribution in [-0.4, -0.2) is 62.6 Å². The summed E-state index contributed by atoms with van der Waals surface area (Å²) in [4.78, 5) is 0. The summed E-state index contributed by atoms with van der Waals surface area (Å²) >= 11 is 0. The van der Waals surface area contributed by atoms with Gasteiger partial charge in [-0.1, -0.05) is 13.3 Å². The summed E-state index contributed by atoms with van der Waals surface area (Å²) in [5, 5.41) is 17.8. The molecule has 0 radical (unpaired) electrons. The molecule has 0 aliphatic rings. The molecule has 0 heterocycles. The molecule has 0 fully saturated rings. The molecule has 98 valence electrons. The van der Waals surface area contributed by atoms with E-state index in [4.69, 9.17) is 19.3 Å². The number of aliphatic hydroxyl groups is 2. The summed E-state index contributed by atoms with van der Waals surface area (Å²) in [6, 6.07) is 0. The van der Waals surface area contributed by atoms with Crippen LogP contribution in [0.5, 0.6) is 0 Å². The normalized spacial score (nSPS) is 12.9. The van der Waals surface area contributed by atoms with E-state index in [1.54, 1.807) is 0 Å². The Labute approximate surface area is 97.3 Å². The molecule has 1 unspecified atom stereocenters. The Balaban J connectivity index is 2.98. The summed E-state index contributed by atoms with van der Waals surface area (Å²) < 4.78 is 15.4. The van der Waals surface area contributed by atoms with Gasteiger partial charge in [0.2, 0.25) is 0 Å². The van der Waals surface area contributed by atoms with Crippen molar-refractivity contribution in [1.29, 1.82) is 0 Å². The highest BCUT2D eigenvalue weighted by atomic mass is 16.5. The topological polar surface area (TPSA) is 68.2 Å². The van der Waals surface area contributed by atoms with Gasteiger partial charge in [0.15, 0.2) is 0 Å². The zero-order chi connectivity index (χ0) is 12.1. The van der Waals surface area contributed by atoms with Crippen molar-refractivity contribution in [2.24, 2.45) is 0 Å².